The van der Waals surface area contributed by atoms with Gasteiger partial charge in [-0.2, -0.15) is 0 Å². The normalized spacial score (nSPS) is 11.9. The number of thiophene rings is 2. The van der Waals surface area contributed by atoms with E-state index in [0.29, 0.717) is 25.9 Å². The van der Waals surface area contributed by atoms with Crippen LogP contribution in [0, 0.1) is 0 Å². The highest BCUT2D eigenvalue weighted by Crippen LogP contribution is 2.26. The van der Waals surface area contributed by atoms with E-state index in [2.05, 4.69) is 10.6 Å². The topological polar surface area (TPSA) is 78.4 Å². The van der Waals surface area contributed by atoms with Gasteiger partial charge in [0.05, 0.1) is 6.54 Å². The molecule has 1 atom stereocenters. The van der Waals surface area contributed by atoms with Crippen molar-refractivity contribution in [1.29, 1.82) is 0 Å². The molecule has 0 aliphatic rings. The number of nitrogens with one attached hydrogen (secondary N) is 2. The summed E-state index contributed by atoms with van der Waals surface area (Å²) < 4.78 is 0. The van der Waals surface area contributed by atoms with Crippen molar-refractivity contribution >= 4 is 34.5 Å². The molecule has 0 spiro atoms. The molecule has 0 radical (unpaired) electrons. The average molecular weight is 352 g/mol. The van der Waals surface area contributed by atoms with Gasteiger partial charge in [0.1, 0.15) is 0 Å². The number of carbonyl (C=O) groups excluding carboxylic acids is 2. The van der Waals surface area contributed by atoms with Crippen LogP contribution in [-0.4, -0.2) is 30.1 Å². The Balaban J connectivity index is 1.71. The highest BCUT2D eigenvalue weighted by molar-refractivity contribution is 7.10. The third kappa shape index (κ3) is 5.78. The van der Waals surface area contributed by atoms with E-state index in [1.54, 1.807) is 11.3 Å². The summed E-state index contributed by atoms with van der Waals surface area (Å²) in [5.41, 5.74) is 0. The maximum Gasteiger partial charge on any atom is 0.309 e. The van der Waals surface area contributed by atoms with Crippen LogP contribution >= 0.6 is 22.7 Å². The third-order valence-corrected chi connectivity index (χ3v) is 5.32. The van der Waals surface area contributed by atoms with Crippen molar-refractivity contribution in [2.75, 3.05) is 13.2 Å². The number of rotatable bonds is 8. The molecule has 0 aliphatic carbocycles. The van der Waals surface area contributed by atoms with Crippen LogP contribution in [0.3, 0.4) is 0 Å². The van der Waals surface area contributed by atoms with Crippen molar-refractivity contribution in [2.24, 2.45) is 0 Å². The molecule has 2 aromatic heterocycles. The molecule has 2 aromatic rings. The molecule has 0 saturated carbocycles. The van der Waals surface area contributed by atoms with E-state index in [4.69, 9.17) is 5.11 Å². The monoisotopic (exact) mass is 352 g/mol. The molecule has 0 saturated heterocycles. The number of aliphatic hydroxyl groups excluding tert-OH is 1. The molecule has 3 N–H and O–H groups in total. The molecular formula is C16H20N2O3S2. The van der Waals surface area contributed by atoms with Crippen LogP contribution in [0.25, 0.3) is 0 Å². The first-order valence-electron chi connectivity index (χ1n) is 7.43. The van der Waals surface area contributed by atoms with Gasteiger partial charge in [-0.3, -0.25) is 9.59 Å². The van der Waals surface area contributed by atoms with E-state index in [9.17, 15) is 9.59 Å². The predicted molar refractivity (Wildman–Crippen MR) is 92.6 cm³/mol. The Morgan fingerprint density at radius 1 is 1.04 bits per heavy atom. The first-order valence-corrected chi connectivity index (χ1v) is 9.19. The SMILES string of the molecule is O=C(NCCC(CCO)c1cccs1)C(=O)NCc1cccs1. The first kappa shape index (κ1) is 17.7. The van der Waals surface area contributed by atoms with Crippen molar-refractivity contribution in [3.05, 3.63) is 44.8 Å². The summed E-state index contributed by atoms with van der Waals surface area (Å²) in [5.74, 6) is -1.03. The molecule has 7 heteroatoms. The summed E-state index contributed by atoms with van der Waals surface area (Å²) in [6.07, 6.45) is 1.35. The third-order valence-electron chi connectivity index (χ3n) is 3.41. The smallest absolute Gasteiger partial charge is 0.309 e. The van der Waals surface area contributed by atoms with Gasteiger partial charge in [0.2, 0.25) is 0 Å². The fraction of sp³-hybridized carbons (Fsp3) is 0.375. The lowest BCUT2D eigenvalue weighted by atomic mass is 10.00. The van der Waals surface area contributed by atoms with Crippen LogP contribution in [0.1, 0.15) is 28.5 Å². The van der Waals surface area contributed by atoms with Crippen molar-refractivity contribution in [3.63, 3.8) is 0 Å². The maximum absolute atomic E-state index is 11.8. The summed E-state index contributed by atoms with van der Waals surface area (Å²) >= 11 is 3.17. The molecule has 2 heterocycles. The van der Waals surface area contributed by atoms with Crippen molar-refractivity contribution in [1.82, 2.24) is 10.6 Å². The lowest BCUT2D eigenvalue weighted by molar-refractivity contribution is -0.139. The summed E-state index contributed by atoms with van der Waals surface area (Å²) in [6, 6.07) is 7.81. The van der Waals surface area contributed by atoms with Gasteiger partial charge in [0, 0.05) is 22.9 Å². The number of aliphatic hydroxyl groups is 1. The minimum absolute atomic E-state index is 0.109. The molecule has 0 aromatic carbocycles. The minimum Gasteiger partial charge on any atom is -0.396 e. The molecule has 5 nitrogen and oxygen atoms in total. The predicted octanol–water partition coefficient (Wildman–Crippen LogP) is 2.10. The van der Waals surface area contributed by atoms with E-state index in [1.807, 2.05) is 35.0 Å². The highest BCUT2D eigenvalue weighted by Gasteiger charge is 2.15. The number of hydrogen-bond acceptors (Lipinski definition) is 5. The zero-order chi connectivity index (χ0) is 16.5. The van der Waals surface area contributed by atoms with Crippen LogP contribution in [0.5, 0.6) is 0 Å². The fourth-order valence-corrected chi connectivity index (χ4v) is 3.75. The van der Waals surface area contributed by atoms with Crippen LogP contribution in [0.4, 0.5) is 0 Å². The van der Waals surface area contributed by atoms with Crippen molar-refractivity contribution in [3.8, 4) is 0 Å². The summed E-state index contributed by atoms with van der Waals surface area (Å²) in [7, 11) is 0. The molecule has 2 amide bonds. The highest BCUT2D eigenvalue weighted by atomic mass is 32.1. The molecule has 0 bridgehead atoms. The molecule has 2 rings (SSSR count). The van der Waals surface area contributed by atoms with Gasteiger partial charge < -0.3 is 15.7 Å². The van der Waals surface area contributed by atoms with Crippen molar-refractivity contribution < 1.29 is 14.7 Å². The van der Waals surface area contributed by atoms with E-state index < -0.39 is 11.8 Å². The van der Waals surface area contributed by atoms with Crippen LogP contribution in [0.2, 0.25) is 0 Å². The van der Waals surface area contributed by atoms with E-state index in [0.717, 1.165) is 4.88 Å². The Morgan fingerprint density at radius 2 is 1.78 bits per heavy atom. The Morgan fingerprint density at radius 3 is 2.43 bits per heavy atom. The lowest BCUT2D eigenvalue weighted by Gasteiger charge is -2.14. The van der Waals surface area contributed by atoms with Gasteiger partial charge in [0.25, 0.3) is 0 Å². The van der Waals surface area contributed by atoms with Gasteiger partial charge in [0.15, 0.2) is 0 Å². The average Bonchev–Trinajstić information content (AvgIpc) is 3.24. The second-order valence-electron chi connectivity index (χ2n) is 5.03. The van der Waals surface area contributed by atoms with Crippen molar-refractivity contribution in [2.45, 2.75) is 25.3 Å². The number of carbonyl (C=O) groups is 2. The molecule has 124 valence electrons. The standard InChI is InChI=1S/C16H20N2O3S2/c19-8-6-12(14-4-2-10-23-14)5-7-17-15(20)16(21)18-11-13-3-1-9-22-13/h1-4,9-10,12,19H,5-8,11H2,(H,17,20)(H,18,21). The Labute approximate surface area is 143 Å². The Hall–Kier alpha value is -1.70. The summed E-state index contributed by atoms with van der Waals surface area (Å²) in [5, 5.41) is 18.3. The zero-order valence-corrected chi connectivity index (χ0v) is 14.3. The van der Waals surface area contributed by atoms with Gasteiger partial charge in [-0.15, -0.1) is 22.7 Å². The molecule has 0 fully saturated rings. The summed E-state index contributed by atoms with van der Waals surface area (Å²) in [4.78, 5) is 25.7. The number of hydrogen-bond donors (Lipinski definition) is 3. The van der Waals surface area contributed by atoms with Crippen LogP contribution in [0.15, 0.2) is 35.0 Å². The van der Waals surface area contributed by atoms with Crippen LogP contribution < -0.4 is 10.6 Å². The Bertz CT molecular complexity index is 597. The molecule has 1 unspecified atom stereocenters. The zero-order valence-electron chi connectivity index (χ0n) is 12.7. The number of amides is 2. The summed E-state index contributed by atoms with van der Waals surface area (Å²) in [6.45, 7) is 0.887. The van der Waals surface area contributed by atoms with Crippen LogP contribution in [-0.2, 0) is 16.1 Å². The molecule has 0 aliphatic heterocycles. The minimum atomic E-state index is -0.617. The fourth-order valence-electron chi connectivity index (χ4n) is 2.21. The van der Waals surface area contributed by atoms with Gasteiger partial charge in [-0.25, -0.2) is 0 Å². The molecular weight excluding hydrogens is 332 g/mol. The van der Waals surface area contributed by atoms with Gasteiger partial charge in [-0.1, -0.05) is 12.1 Å². The second kappa shape index (κ2) is 9.44. The second-order valence-corrected chi connectivity index (χ2v) is 7.04. The van der Waals surface area contributed by atoms with Gasteiger partial charge >= 0.3 is 11.8 Å². The maximum atomic E-state index is 11.8. The van der Waals surface area contributed by atoms with E-state index in [-0.39, 0.29) is 12.5 Å². The first-order chi connectivity index (χ1) is 11.2. The van der Waals surface area contributed by atoms with E-state index in [1.165, 1.54) is 16.2 Å². The lowest BCUT2D eigenvalue weighted by Crippen LogP contribution is -2.40. The van der Waals surface area contributed by atoms with Gasteiger partial charge in [-0.05, 0) is 41.7 Å². The quantitative estimate of drug-likeness (QED) is 0.637. The molecule has 23 heavy (non-hydrogen) atoms. The van der Waals surface area contributed by atoms with E-state index >= 15 is 0 Å². The Kier molecular flexibility index (Phi) is 7.25. The largest absolute Gasteiger partial charge is 0.396 e.